The summed E-state index contributed by atoms with van der Waals surface area (Å²) in [5, 5.41) is 4.69. The second-order valence-corrected chi connectivity index (χ2v) is 8.48. The zero-order valence-corrected chi connectivity index (χ0v) is 15.3. The number of sulfonamides is 1. The number of pyridine rings is 1. The Morgan fingerprint density at radius 1 is 1.19 bits per heavy atom. The first-order chi connectivity index (χ1) is 12.5. The first-order valence-electron chi connectivity index (χ1n) is 8.17. The van der Waals surface area contributed by atoms with Crippen molar-refractivity contribution in [1.29, 1.82) is 0 Å². The predicted molar refractivity (Wildman–Crippen MR) is 96.9 cm³/mol. The SMILES string of the molecule is O=S(=O)(c1cccnc1)N(Cc1cc(-c2ccc(Cl)cc2)no1)C1CC1. The quantitative estimate of drug-likeness (QED) is 0.641. The normalized spacial score (nSPS) is 14.7. The third kappa shape index (κ3) is 3.51. The Hall–Kier alpha value is -2.22. The molecule has 0 atom stereocenters. The van der Waals surface area contributed by atoms with Crippen LogP contribution in [0.5, 0.6) is 0 Å². The molecule has 1 aliphatic carbocycles. The van der Waals surface area contributed by atoms with Gasteiger partial charge in [0.2, 0.25) is 10.0 Å². The van der Waals surface area contributed by atoms with Crippen LogP contribution in [-0.4, -0.2) is 28.9 Å². The first kappa shape index (κ1) is 17.2. The molecule has 0 bridgehead atoms. The molecular formula is C18H16ClN3O3S. The van der Waals surface area contributed by atoms with Crippen LogP contribution in [0.1, 0.15) is 18.6 Å². The minimum Gasteiger partial charge on any atom is -0.359 e. The van der Waals surface area contributed by atoms with Crippen LogP contribution in [0, 0.1) is 0 Å². The zero-order chi connectivity index (χ0) is 18.1. The van der Waals surface area contributed by atoms with Crippen molar-refractivity contribution in [2.75, 3.05) is 0 Å². The molecule has 0 aliphatic heterocycles. The van der Waals surface area contributed by atoms with Crippen molar-refractivity contribution in [2.24, 2.45) is 0 Å². The van der Waals surface area contributed by atoms with E-state index in [-0.39, 0.29) is 17.5 Å². The minimum atomic E-state index is -3.63. The summed E-state index contributed by atoms with van der Waals surface area (Å²) in [7, 11) is -3.63. The third-order valence-corrected chi connectivity index (χ3v) is 6.34. The van der Waals surface area contributed by atoms with E-state index >= 15 is 0 Å². The fourth-order valence-electron chi connectivity index (χ4n) is 2.71. The van der Waals surface area contributed by atoms with Gasteiger partial charge in [0, 0.05) is 35.1 Å². The summed E-state index contributed by atoms with van der Waals surface area (Å²) in [5.41, 5.74) is 1.50. The lowest BCUT2D eigenvalue weighted by Gasteiger charge is -2.20. The molecule has 0 radical (unpaired) electrons. The predicted octanol–water partition coefficient (Wildman–Crippen LogP) is 3.74. The Labute approximate surface area is 156 Å². The van der Waals surface area contributed by atoms with Crippen molar-refractivity contribution in [3.8, 4) is 11.3 Å². The van der Waals surface area contributed by atoms with Crippen LogP contribution < -0.4 is 0 Å². The van der Waals surface area contributed by atoms with E-state index in [0.717, 1.165) is 18.4 Å². The Bertz CT molecular complexity index is 1000. The molecule has 3 aromatic rings. The molecule has 6 nitrogen and oxygen atoms in total. The fourth-order valence-corrected chi connectivity index (χ4v) is 4.45. The maximum Gasteiger partial charge on any atom is 0.245 e. The van der Waals surface area contributed by atoms with Crippen LogP contribution in [-0.2, 0) is 16.6 Å². The Morgan fingerprint density at radius 3 is 2.62 bits per heavy atom. The Morgan fingerprint density at radius 2 is 1.96 bits per heavy atom. The summed E-state index contributed by atoms with van der Waals surface area (Å²) in [5.74, 6) is 0.495. The van der Waals surface area contributed by atoms with Gasteiger partial charge in [-0.25, -0.2) is 8.42 Å². The van der Waals surface area contributed by atoms with Crippen molar-refractivity contribution >= 4 is 21.6 Å². The number of nitrogens with zero attached hydrogens (tertiary/aromatic N) is 3. The van der Waals surface area contributed by atoms with E-state index in [1.807, 2.05) is 12.1 Å². The summed E-state index contributed by atoms with van der Waals surface area (Å²) < 4.78 is 32.7. The molecule has 0 unspecified atom stereocenters. The number of hydrogen-bond acceptors (Lipinski definition) is 5. The van der Waals surface area contributed by atoms with Crippen molar-refractivity contribution in [3.63, 3.8) is 0 Å². The standard InChI is InChI=1S/C18H16ClN3O3S/c19-14-5-3-13(4-6-14)18-10-16(25-21-18)12-22(15-7-8-15)26(23,24)17-2-1-9-20-11-17/h1-6,9-11,15H,7-8,12H2. The van der Waals surface area contributed by atoms with E-state index < -0.39 is 10.0 Å². The summed E-state index contributed by atoms with van der Waals surface area (Å²) in [6.07, 6.45) is 4.61. The maximum atomic E-state index is 12.9. The van der Waals surface area contributed by atoms with Gasteiger partial charge in [0.25, 0.3) is 0 Å². The Balaban J connectivity index is 1.59. The smallest absolute Gasteiger partial charge is 0.245 e. The van der Waals surface area contributed by atoms with Gasteiger partial charge in [-0.3, -0.25) is 4.98 Å². The summed E-state index contributed by atoms with van der Waals surface area (Å²) in [6.45, 7) is 0.141. The zero-order valence-electron chi connectivity index (χ0n) is 13.7. The average Bonchev–Trinajstić information content (AvgIpc) is 3.38. The van der Waals surface area contributed by atoms with Crippen LogP contribution in [0.4, 0.5) is 0 Å². The van der Waals surface area contributed by atoms with Gasteiger partial charge in [-0.05, 0) is 37.1 Å². The van der Waals surface area contributed by atoms with E-state index in [9.17, 15) is 8.42 Å². The van der Waals surface area contributed by atoms with Gasteiger partial charge in [0.15, 0.2) is 5.76 Å². The maximum absolute atomic E-state index is 12.9. The van der Waals surface area contributed by atoms with Gasteiger partial charge in [-0.1, -0.05) is 28.9 Å². The van der Waals surface area contributed by atoms with E-state index in [2.05, 4.69) is 10.1 Å². The second-order valence-electron chi connectivity index (χ2n) is 6.16. The number of rotatable bonds is 6. The molecule has 1 aliphatic rings. The summed E-state index contributed by atoms with van der Waals surface area (Å²) in [6, 6.07) is 12.1. The second kappa shape index (κ2) is 6.83. The molecule has 134 valence electrons. The molecule has 2 heterocycles. The molecule has 0 N–H and O–H groups in total. The highest BCUT2D eigenvalue weighted by atomic mass is 35.5. The third-order valence-electron chi connectivity index (χ3n) is 4.21. The lowest BCUT2D eigenvalue weighted by atomic mass is 10.1. The van der Waals surface area contributed by atoms with E-state index in [1.54, 1.807) is 36.5 Å². The summed E-state index contributed by atoms with van der Waals surface area (Å²) >= 11 is 5.90. The lowest BCUT2D eigenvalue weighted by Crippen LogP contribution is -2.32. The first-order valence-corrected chi connectivity index (χ1v) is 9.99. The van der Waals surface area contributed by atoms with Gasteiger partial charge in [-0.2, -0.15) is 4.31 Å². The molecule has 0 spiro atoms. The molecule has 8 heteroatoms. The highest BCUT2D eigenvalue weighted by Gasteiger charge is 2.39. The van der Waals surface area contributed by atoms with Gasteiger partial charge in [-0.15, -0.1) is 0 Å². The number of halogens is 1. The lowest BCUT2D eigenvalue weighted by molar-refractivity contribution is 0.318. The number of benzene rings is 1. The largest absolute Gasteiger partial charge is 0.359 e. The molecular weight excluding hydrogens is 374 g/mol. The van der Waals surface area contributed by atoms with E-state index in [4.69, 9.17) is 16.1 Å². The molecule has 1 aromatic carbocycles. The minimum absolute atomic E-state index is 0.00992. The molecule has 1 fully saturated rings. The van der Waals surface area contributed by atoms with Gasteiger partial charge in [0.1, 0.15) is 10.6 Å². The number of aromatic nitrogens is 2. The molecule has 0 amide bonds. The monoisotopic (exact) mass is 389 g/mol. The van der Waals surface area contributed by atoms with Crippen LogP contribution in [0.25, 0.3) is 11.3 Å². The molecule has 26 heavy (non-hydrogen) atoms. The van der Waals surface area contributed by atoms with Crippen LogP contribution in [0.3, 0.4) is 0 Å². The van der Waals surface area contributed by atoms with Crippen LogP contribution in [0.15, 0.2) is 64.3 Å². The highest BCUT2D eigenvalue weighted by molar-refractivity contribution is 7.89. The van der Waals surface area contributed by atoms with Gasteiger partial charge in [0.05, 0.1) is 6.54 Å². The summed E-state index contributed by atoms with van der Waals surface area (Å²) in [4.78, 5) is 4.10. The van der Waals surface area contributed by atoms with Crippen LogP contribution in [0.2, 0.25) is 5.02 Å². The average molecular weight is 390 g/mol. The van der Waals surface area contributed by atoms with Crippen molar-refractivity contribution in [1.82, 2.24) is 14.4 Å². The van der Waals surface area contributed by atoms with Gasteiger partial charge >= 0.3 is 0 Å². The van der Waals surface area contributed by atoms with Crippen molar-refractivity contribution in [2.45, 2.75) is 30.3 Å². The van der Waals surface area contributed by atoms with E-state index in [1.165, 1.54) is 10.5 Å². The van der Waals surface area contributed by atoms with Gasteiger partial charge < -0.3 is 4.52 Å². The molecule has 2 aromatic heterocycles. The molecule has 4 rings (SSSR count). The van der Waals surface area contributed by atoms with E-state index in [0.29, 0.717) is 16.5 Å². The molecule has 0 saturated heterocycles. The number of hydrogen-bond donors (Lipinski definition) is 0. The van der Waals surface area contributed by atoms with Crippen molar-refractivity contribution in [3.05, 3.63) is 65.6 Å². The topological polar surface area (TPSA) is 76.3 Å². The highest BCUT2D eigenvalue weighted by Crippen LogP contribution is 2.34. The Kier molecular flexibility index (Phi) is 4.52. The fraction of sp³-hybridized carbons (Fsp3) is 0.222. The van der Waals surface area contributed by atoms with Crippen molar-refractivity contribution < 1.29 is 12.9 Å². The molecule has 1 saturated carbocycles. The van der Waals surface area contributed by atoms with Crippen LogP contribution >= 0.6 is 11.6 Å².